The van der Waals surface area contributed by atoms with Crippen molar-refractivity contribution in [3.05, 3.63) is 66.1 Å². The molecule has 1 unspecified atom stereocenters. The van der Waals surface area contributed by atoms with E-state index in [1.54, 1.807) is 4.90 Å². The highest BCUT2D eigenvalue weighted by Gasteiger charge is 2.35. The maximum Gasteiger partial charge on any atom is 0.232 e. The molecule has 0 radical (unpaired) electrons. The number of benzene rings is 2. The summed E-state index contributed by atoms with van der Waals surface area (Å²) in [7, 11) is 0. The fourth-order valence-electron chi connectivity index (χ4n) is 2.95. The topological polar surface area (TPSA) is 59.2 Å². The zero-order valence-electron chi connectivity index (χ0n) is 13.3. The Labute approximate surface area is 139 Å². The number of amides is 1. The highest BCUT2D eigenvalue weighted by Crippen LogP contribution is 2.32. The molecule has 2 aromatic carbocycles. The van der Waals surface area contributed by atoms with Crippen LogP contribution in [0.15, 0.2) is 59.1 Å². The molecule has 3 aromatic rings. The van der Waals surface area contributed by atoms with Crippen molar-refractivity contribution in [3.8, 4) is 11.4 Å². The van der Waals surface area contributed by atoms with Crippen LogP contribution in [0.2, 0.25) is 0 Å². The van der Waals surface area contributed by atoms with Crippen molar-refractivity contribution >= 4 is 11.6 Å². The first kappa shape index (κ1) is 14.6. The average Bonchev–Trinajstić information content (AvgIpc) is 3.23. The highest BCUT2D eigenvalue weighted by atomic mass is 16.5. The molecule has 1 aliphatic heterocycles. The van der Waals surface area contributed by atoms with Gasteiger partial charge in [-0.25, -0.2) is 0 Å². The molecule has 1 aromatic heterocycles. The number of carbonyl (C=O) groups excluding carboxylic acids is 1. The lowest BCUT2D eigenvalue weighted by atomic mass is 10.1. The van der Waals surface area contributed by atoms with E-state index in [1.165, 1.54) is 5.56 Å². The summed E-state index contributed by atoms with van der Waals surface area (Å²) < 4.78 is 5.41. The predicted octanol–water partition coefficient (Wildman–Crippen LogP) is 3.57. The van der Waals surface area contributed by atoms with Crippen molar-refractivity contribution in [2.75, 3.05) is 11.4 Å². The average molecular weight is 319 g/mol. The van der Waals surface area contributed by atoms with E-state index in [2.05, 4.69) is 10.1 Å². The largest absolute Gasteiger partial charge is 0.339 e. The molecule has 0 saturated carbocycles. The molecule has 1 fully saturated rings. The number of hydrogen-bond donors (Lipinski definition) is 0. The van der Waals surface area contributed by atoms with Gasteiger partial charge >= 0.3 is 0 Å². The van der Waals surface area contributed by atoms with E-state index in [0.29, 0.717) is 24.7 Å². The summed E-state index contributed by atoms with van der Waals surface area (Å²) >= 11 is 0. The molecule has 2 heterocycles. The van der Waals surface area contributed by atoms with E-state index < -0.39 is 0 Å². The van der Waals surface area contributed by atoms with Gasteiger partial charge in [-0.1, -0.05) is 53.2 Å². The van der Waals surface area contributed by atoms with Crippen molar-refractivity contribution in [1.29, 1.82) is 0 Å². The molecule has 0 spiro atoms. The molecule has 5 nitrogen and oxygen atoms in total. The van der Waals surface area contributed by atoms with Crippen LogP contribution in [0.5, 0.6) is 0 Å². The zero-order chi connectivity index (χ0) is 16.5. The van der Waals surface area contributed by atoms with Gasteiger partial charge in [0.1, 0.15) is 0 Å². The molecule has 5 heteroatoms. The zero-order valence-corrected chi connectivity index (χ0v) is 13.3. The number of carbonyl (C=O) groups is 1. The Hall–Kier alpha value is -2.95. The van der Waals surface area contributed by atoms with E-state index in [-0.39, 0.29) is 11.8 Å². The fraction of sp³-hybridized carbons (Fsp3) is 0.211. The second kappa shape index (κ2) is 5.92. The van der Waals surface area contributed by atoms with Gasteiger partial charge in [0.05, 0.1) is 5.92 Å². The maximum atomic E-state index is 12.4. The number of aryl methyl sites for hydroxylation is 1. The molecule has 0 bridgehead atoms. The summed E-state index contributed by atoms with van der Waals surface area (Å²) in [6.07, 6.45) is 0.393. The second-order valence-corrected chi connectivity index (χ2v) is 6.06. The predicted molar refractivity (Wildman–Crippen MR) is 90.6 cm³/mol. The van der Waals surface area contributed by atoms with Crippen LogP contribution in [0.1, 0.15) is 23.8 Å². The number of nitrogens with zero attached hydrogens (tertiary/aromatic N) is 3. The summed E-state index contributed by atoms with van der Waals surface area (Å²) in [5.41, 5.74) is 2.99. The van der Waals surface area contributed by atoms with Crippen molar-refractivity contribution in [3.63, 3.8) is 0 Å². The summed E-state index contributed by atoms with van der Waals surface area (Å²) in [5.74, 6) is 1.11. The number of rotatable bonds is 3. The van der Waals surface area contributed by atoms with Gasteiger partial charge in [-0.15, -0.1) is 0 Å². The molecule has 0 aliphatic carbocycles. The van der Waals surface area contributed by atoms with Crippen LogP contribution in [0, 0.1) is 6.92 Å². The minimum atomic E-state index is -0.0660. The number of anilines is 1. The van der Waals surface area contributed by atoms with Gasteiger partial charge in [0.25, 0.3) is 0 Å². The summed E-state index contributed by atoms with van der Waals surface area (Å²) in [4.78, 5) is 18.6. The molecular weight excluding hydrogens is 302 g/mol. The SMILES string of the molecule is Cc1ccc(N2CC(c3nc(-c4ccccc4)no3)CC2=O)cc1. The van der Waals surface area contributed by atoms with Gasteiger partial charge in [0, 0.05) is 24.2 Å². The smallest absolute Gasteiger partial charge is 0.232 e. The highest BCUT2D eigenvalue weighted by molar-refractivity contribution is 5.96. The van der Waals surface area contributed by atoms with Crippen LogP contribution in [0.25, 0.3) is 11.4 Å². The van der Waals surface area contributed by atoms with Crippen LogP contribution < -0.4 is 4.90 Å². The Morgan fingerprint density at radius 1 is 1.08 bits per heavy atom. The third kappa shape index (κ3) is 2.69. The number of aromatic nitrogens is 2. The van der Waals surface area contributed by atoms with Crippen molar-refractivity contribution < 1.29 is 9.32 Å². The van der Waals surface area contributed by atoms with E-state index in [1.807, 2.05) is 61.5 Å². The van der Waals surface area contributed by atoms with E-state index in [0.717, 1.165) is 11.3 Å². The van der Waals surface area contributed by atoms with Crippen LogP contribution >= 0.6 is 0 Å². The van der Waals surface area contributed by atoms with Crippen LogP contribution in [-0.2, 0) is 4.79 Å². The standard InChI is InChI=1S/C19H17N3O2/c1-13-7-9-16(10-8-13)22-12-15(11-17(22)23)19-20-18(21-24-19)14-5-3-2-4-6-14/h2-10,15H,11-12H2,1H3. The third-order valence-corrected chi connectivity index (χ3v) is 4.29. The summed E-state index contributed by atoms with van der Waals surface area (Å²) in [5, 5.41) is 4.05. The Kier molecular flexibility index (Phi) is 3.61. The van der Waals surface area contributed by atoms with E-state index in [9.17, 15) is 4.79 Å². The lowest BCUT2D eigenvalue weighted by Crippen LogP contribution is -2.24. The lowest BCUT2D eigenvalue weighted by Gasteiger charge is -2.16. The van der Waals surface area contributed by atoms with Crippen LogP contribution in [-0.4, -0.2) is 22.6 Å². The first-order valence-corrected chi connectivity index (χ1v) is 7.97. The fourth-order valence-corrected chi connectivity index (χ4v) is 2.95. The van der Waals surface area contributed by atoms with Crippen LogP contribution in [0.4, 0.5) is 5.69 Å². The monoisotopic (exact) mass is 319 g/mol. The molecule has 1 aliphatic rings. The molecule has 1 saturated heterocycles. The minimum Gasteiger partial charge on any atom is -0.339 e. The second-order valence-electron chi connectivity index (χ2n) is 6.06. The van der Waals surface area contributed by atoms with Crippen LogP contribution in [0.3, 0.4) is 0 Å². The van der Waals surface area contributed by atoms with Gasteiger partial charge in [0.2, 0.25) is 17.6 Å². The molecular formula is C19H17N3O2. The Morgan fingerprint density at radius 2 is 1.83 bits per heavy atom. The minimum absolute atomic E-state index is 0.0660. The first-order chi connectivity index (χ1) is 11.7. The van der Waals surface area contributed by atoms with Crippen molar-refractivity contribution in [2.45, 2.75) is 19.3 Å². The summed E-state index contributed by atoms with van der Waals surface area (Å²) in [6, 6.07) is 17.6. The van der Waals surface area contributed by atoms with Gasteiger partial charge in [-0.2, -0.15) is 4.98 Å². The van der Waals surface area contributed by atoms with Gasteiger partial charge < -0.3 is 9.42 Å². The first-order valence-electron chi connectivity index (χ1n) is 7.97. The van der Waals surface area contributed by atoms with Gasteiger partial charge in [-0.05, 0) is 19.1 Å². The molecule has 120 valence electrons. The van der Waals surface area contributed by atoms with Crippen molar-refractivity contribution in [2.24, 2.45) is 0 Å². The Morgan fingerprint density at radius 3 is 2.58 bits per heavy atom. The van der Waals surface area contributed by atoms with Gasteiger partial charge in [-0.3, -0.25) is 4.79 Å². The summed E-state index contributed by atoms with van der Waals surface area (Å²) in [6.45, 7) is 2.60. The maximum absolute atomic E-state index is 12.4. The quantitative estimate of drug-likeness (QED) is 0.740. The Bertz CT molecular complexity index is 856. The van der Waals surface area contributed by atoms with E-state index in [4.69, 9.17) is 4.52 Å². The molecule has 1 atom stereocenters. The molecule has 4 rings (SSSR count). The normalized spacial score (nSPS) is 17.5. The van der Waals surface area contributed by atoms with Gasteiger partial charge in [0.15, 0.2) is 0 Å². The Balaban J connectivity index is 1.55. The van der Waals surface area contributed by atoms with E-state index >= 15 is 0 Å². The van der Waals surface area contributed by atoms with Crippen molar-refractivity contribution in [1.82, 2.24) is 10.1 Å². The third-order valence-electron chi connectivity index (χ3n) is 4.29. The molecule has 1 amide bonds. The number of hydrogen-bond acceptors (Lipinski definition) is 4. The molecule has 0 N–H and O–H groups in total. The molecule has 24 heavy (non-hydrogen) atoms. The lowest BCUT2D eigenvalue weighted by molar-refractivity contribution is -0.117.